The van der Waals surface area contributed by atoms with Gasteiger partial charge in [0.1, 0.15) is 3.70 Å². The third kappa shape index (κ3) is 3.54. The van der Waals surface area contributed by atoms with Crippen LogP contribution in [0.1, 0.15) is 23.0 Å². The van der Waals surface area contributed by atoms with Crippen LogP contribution >= 0.6 is 22.6 Å². The summed E-state index contributed by atoms with van der Waals surface area (Å²) < 4.78 is 6.18. The molecule has 1 aromatic heterocycles. The first kappa shape index (κ1) is 15.4. The smallest absolute Gasteiger partial charge is 0.312 e. The predicted molar refractivity (Wildman–Crippen MR) is 84.9 cm³/mol. The fourth-order valence-electron chi connectivity index (χ4n) is 1.67. The fraction of sp³-hybridized carbons (Fsp3) is 0.143. The zero-order valence-electron chi connectivity index (χ0n) is 11.3. The highest BCUT2D eigenvalue weighted by molar-refractivity contribution is 14.1. The van der Waals surface area contributed by atoms with E-state index < -0.39 is 4.92 Å². The lowest BCUT2D eigenvalue weighted by atomic mass is 10.1. The molecule has 0 radical (unpaired) electrons. The molecule has 0 atom stereocenters. The number of Topliss-reactive ketones (excluding diaryl/α,β-unsaturated/α-hetero) is 1. The first-order valence-corrected chi connectivity index (χ1v) is 7.06. The van der Waals surface area contributed by atoms with E-state index >= 15 is 0 Å². The lowest BCUT2D eigenvalue weighted by molar-refractivity contribution is -0.385. The first-order chi connectivity index (χ1) is 9.88. The van der Waals surface area contributed by atoms with Gasteiger partial charge in [-0.1, -0.05) is 0 Å². The van der Waals surface area contributed by atoms with Crippen molar-refractivity contribution in [2.24, 2.45) is 0 Å². The minimum absolute atomic E-state index is 0.0774. The quantitative estimate of drug-likeness (QED) is 0.257. The highest BCUT2D eigenvalue weighted by atomic mass is 127. The van der Waals surface area contributed by atoms with E-state index in [9.17, 15) is 14.9 Å². The van der Waals surface area contributed by atoms with Gasteiger partial charge >= 0.3 is 5.69 Å². The Morgan fingerprint density at radius 1 is 1.29 bits per heavy atom. The summed E-state index contributed by atoms with van der Waals surface area (Å²) in [6.45, 7) is 3.20. The first-order valence-electron chi connectivity index (χ1n) is 5.99. The monoisotopic (exact) mass is 398 g/mol. The molecule has 6 nitrogen and oxygen atoms in total. The molecule has 108 valence electrons. The standard InChI is InChI=1S/C14H11IN2O4/c1-8-3-5-13(14(15)16-8)21-12-6-4-10(9(2)18)7-11(12)17(19)20/h3-7H,1-2H3. The van der Waals surface area contributed by atoms with Gasteiger partial charge in [-0.2, -0.15) is 0 Å². The second-order valence-electron chi connectivity index (χ2n) is 4.34. The molecule has 2 rings (SSSR count). The molecule has 2 aromatic rings. The van der Waals surface area contributed by atoms with Crippen molar-refractivity contribution in [2.75, 3.05) is 0 Å². The van der Waals surface area contributed by atoms with Gasteiger partial charge in [-0.05, 0) is 60.7 Å². The molecular weight excluding hydrogens is 387 g/mol. The number of carbonyl (C=O) groups is 1. The van der Waals surface area contributed by atoms with E-state index in [2.05, 4.69) is 4.98 Å². The molecule has 0 fully saturated rings. The van der Waals surface area contributed by atoms with E-state index in [0.717, 1.165) is 5.69 Å². The van der Waals surface area contributed by atoms with Crippen molar-refractivity contribution in [3.8, 4) is 11.5 Å². The van der Waals surface area contributed by atoms with Crippen LogP contribution in [0.25, 0.3) is 0 Å². The topological polar surface area (TPSA) is 82.3 Å². The summed E-state index contributed by atoms with van der Waals surface area (Å²) in [6.07, 6.45) is 0. The highest BCUT2D eigenvalue weighted by Gasteiger charge is 2.19. The van der Waals surface area contributed by atoms with Crippen molar-refractivity contribution < 1.29 is 14.5 Å². The summed E-state index contributed by atoms with van der Waals surface area (Å²) >= 11 is 2.00. The van der Waals surface area contributed by atoms with Crippen LogP contribution in [0, 0.1) is 20.7 Å². The van der Waals surface area contributed by atoms with Crippen molar-refractivity contribution in [1.82, 2.24) is 4.98 Å². The average Bonchev–Trinajstić information content (AvgIpc) is 2.41. The van der Waals surface area contributed by atoms with Crippen LogP contribution in [0.5, 0.6) is 11.5 Å². The van der Waals surface area contributed by atoms with Crippen LogP contribution in [-0.4, -0.2) is 15.7 Å². The fourth-order valence-corrected chi connectivity index (χ4v) is 2.34. The number of halogens is 1. The van der Waals surface area contributed by atoms with Gasteiger partial charge in [0.15, 0.2) is 11.5 Å². The Balaban J connectivity index is 2.44. The molecule has 0 unspecified atom stereocenters. The maximum Gasteiger partial charge on any atom is 0.312 e. The zero-order valence-corrected chi connectivity index (χ0v) is 13.4. The number of ether oxygens (including phenoxy) is 1. The van der Waals surface area contributed by atoms with Gasteiger partial charge in [0, 0.05) is 17.3 Å². The van der Waals surface area contributed by atoms with Crippen LogP contribution in [0.2, 0.25) is 0 Å². The molecule has 0 aliphatic heterocycles. The van der Waals surface area contributed by atoms with Crippen LogP contribution in [0.4, 0.5) is 5.69 Å². The SMILES string of the molecule is CC(=O)c1ccc(Oc2ccc(C)nc2I)c([N+](=O)[O-])c1. The number of benzene rings is 1. The predicted octanol–water partition coefficient (Wildman–Crippen LogP) is 3.90. The normalized spacial score (nSPS) is 10.2. The number of nitro groups is 1. The summed E-state index contributed by atoms with van der Waals surface area (Å²) in [5, 5.41) is 11.1. The maximum atomic E-state index is 11.3. The van der Waals surface area contributed by atoms with Crippen molar-refractivity contribution in [3.63, 3.8) is 0 Å². The minimum atomic E-state index is -0.573. The van der Waals surface area contributed by atoms with E-state index in [1.165, 1.54) is 25.1 Å². The molecule has 0 amide bonds. The molecule has 0 saturated carbocycles. The molecular formula is C14H11IN2O4. The number of nitro benzene ring substituents is 1. The Bertz CT molecular complexity index is 731. The number of hydrogen-bond acceptors (Lipinski definition) is 5. The Morgan fingerprint density at radius 2 is 1.95 bits per heavy atom. The van der Waals surface area contributed by atoms with E-state index in [4.69, 9.17) is 4.74 Å². The molecule has 0 aliphatic rings. The number of hydrogen-bond donors (Lipinski definition) is 0. The number of pyridine rings is 1. The number of nitrogens with zero attached hydrogens (tertiary/aromatic N) is 2. The second kappa shape index (κ2) is 6.17. The summed E-state index contributed by atoms with van der Waals surface area (Å²) in [6, 6.07) is 7.59. The molecule has 0 N–H and O–H groups in total. The lowest BCUT2D eigenvalue weighted by Crippen LogP contribution is -1.99. The van der Waals surface area contributed by atoms with E-state index in [-0.39, 0.29) is 22.8 Å². The van der Waals surface area contributed by atoms with Crippen LogP contribution < -0.4 is 4.74 Å². The zero-order chi connectivity index (χ0) is 15.6. The minimum Gasteiger partial charge on any atom is -0.447 e. The third-order valence-corrected chi connectivity index (χ3v) is 3.51. The summed E-state index contributed by atoms with van der Waals surface area (Å²) in [5.41, 5.74) is 0.845. The number of rotatable bonds is 4. The van der Waals surface area contributed by atoms with Crippen LogP contribution in [-0.2, 0) is 0 Å². The molecule has 0 spiro atoms. The van der Waals surface area contributed by atoms with Crippen molar-refractivity contribution in [1.29, 1.82) is 0 Å². The number of carbonyl (C=O) groups excluding carboxylic acids is 1. The largest absolute Gasteiger partial charge is 0.447 e. The van der Waals surface area contributed by atoms with Crippen LogP contribution in [0.15, 0.2) is 30.3 Å². The van der Waals surface area contributed by atoms with Gasteiger partial charge in [0.05, 0.1) is 4.92 Å². The Hall–Kier alpha value is -2.03. The maximum absolute atomic E-state index is 11.3. The van der Waals surface area contributed by atoms with Crippen molar-refractivity contribution in [3.05, 3.63) is 55.4 Å². The Kier molecular flexibility index (Phi) is 4.51. The second-order valence-corrected chi connectivity index (χ2v) is 5.36. The summed E-state index contributed by atoms with van der Waals surface area (Å²) in [7, 11) is 0. The van der Waals surface area contributed by atoms with Gasteiger partial charge in [-0.3, -0.25) is 14.9 Å². The van der Waals surface area contributed by atoms with Gasteiger partial charge in [-0.15, -0.1) is 0 Å². The van der Waals surface area contributed by atoms with Crippen molar-refractivity contribution >= 4 is 34.1 Å². The van der Waals surface area contributed by atoms with E-state index in [1.54, 1.807) is 12.1 Å². The third-order valence-electron chi connectivity index (χ3n) is 2.74. The average molecular weight is 398 g/mol. The summed E-state index contributed by atoms with van der Waals surface area (Å²) in [4.78, 5) is 26.1. The van der Waals surface area contributed by atoms with Crippen LogP contribution in [0.3, 0.4) is 0 Å². The molecule has 21 heavy (non-hydrogen) atoms. The number of aromatic nitrogens is 1. The Morgan fingerprint density at radius 3 is 2.52 bits per heavy atom. The van der Waals surface area contributed by atoms with Gasteiger partial charge in [-0.25, -0.2) is 4.98 Å². The van der Waals surface area contributed by atoms with E-state index in [1.807, 2.05) is 29.5 Å². The molecule has 1 aromatic carbocycles. The van der Waals surface area contributed by atoms with Gasteiger partial charge in [0.2, 0.25) is 5.75 Å². The highest BCUT2D eigenvalue weighted by Crippen LogP contribution is 2.33. The Labute approximate surface area is 134 Å². The van der Waals surface area contributed by atoms with E-state index in [0.29, 0.717) is 9.45 Å². The number of aryl methyl sites for hydroxylation is 1. The lowest BCUT2D eigenvalue weighted by Gasteiger charge is -2.08. The molecule has 0 saturated heterocycles. The number of ketones is 1. The van der Waals surface area contributed by atoms with Gasteiger partial charge < -0.3 is 4.74 Å². The molecule has 0 aliphatic carbocycles. The van der Waals surface area contributed by atoms with Gasteiger partial charge in [0.25, 0.3) is 0 Å². The summed E-state index contributed by atoms with van der Waals surface area (Å²) in [5.74, 6) is 0.268. The molecule has 7 heteroatoms. The molecule has 0 bridgehead atoms. The molecule has 1 heterocycles. The van der Waals surface area contributed by atoms with Crippen molar-refractivity contribution in [2.45, 2.75) is 13.8 Å².